The van der Waals surface area contributed by atoms with Gasteiger partial charge in [-0.25, -0.2) is 17.5 Å². The highest BCUT2D eigenvalue weighted by atomic mass is 32.2. The van der Waals surface area contributed by atoms with Gasteiger partial charge in [0.15, 0.2) is 0 Å². The third-order valence-electron chi connectivity index (χ3n) is 2.93. The number of hydrogen-bond acceptors (Lipinski definition) is 5. The van der Waals surface area contributed by atoms with Gasteiger partial charge in [-0.2, -0.15) is 0 Å². The Bertz CT molecular complexity index is 527. The molecule has 0 radical (unpaired) electrons. The molecule has 0 aromatic heterocycles. The summed E-state index contributed by atoms with van der Waals surface area (Å²) in [4.78, 5) is 22.5. The second kappa shape index (κ2) is 4.25. The molecule has 2 atom stereocenters. The average molecular weight is 274 g/mol. The van der Waals surface area contributed by atoms with Gasteiger partial charge in [0.1, 0.15) is 11.8 Å². The lowest BCUT2D eigenvalue weighted by Crippen LogP contribution is -2.63. The van der Waals surface area contributed by atoms with Gasteiger partial charge in [0.2, 0.25) is 15.9 Å². The molecule has 0 aromatic carbocycles. The molecule has 3 amide bonds. The number of sulfonamides is 1. The number of nitrogens with two attached hydrogens (primary N) is 1. The number of amides is 3. The Morgan fingerprint density at radius 3 is 2.89 bits per heavy atom. The zero-order chi connectivity index (χ0) is 13.5. The first-order valence-corrected chi connectivity index (χ1v) is 6.88. The number of nitrogens with zero attached hydrogens (tertiary/aromatic N) is 1. The second-order valence-electron chi connectivity index (χ2n) is 4.23. The minimum Gasteiger partial charge on any atom is -0.368 e. The summed E-state index contributed by atoms with van der Waals surface area (Å²) >= 11 is 0. The van der Waals surface area contributed by atoms with Crippen LogP contribution in [0.5, 0.6) is 0 Å². The summed E-state index contributed by atoms with van der Waals surface area (Å²) in [5.74, 6) is -0.877. The van der Waals surface area contributed by atoms with Gasteiger partial charge < -0.3 is 16.4 Å². The number of carbonyl (C=O) groups is 2. The molecule has 9 heteroatoms. The van der Waals surface area contributed by atoms with E-state index in [-0.39, 0.29) is 6.04 Å². The predicted molar refractivity (Wildman–Crippen MR) is 62.7 cm³/mol. The Kier molecular flexibility index (Phi) is 3.03. The van der Waals surface area contributed by atoms with Crippen molar-refractivity contribution < 1.29 is 18.0 Å². The minimum atomic E-state index is -3.93. The van der Waals surface area contributed by atoms with E-state index in [1.54, 1.807) is 13.0 Å². The van der Waals surface area contributed by atoms with E-state index in [1.807, 2.05) is 0 Å². The number of hydrogen-bond donors (Lipinski definition) is 3. The van der Waals surface area contributed by atoms with Crippen LogP contribution in [0.25, 0.3) is 0 Å². The molecular weight excluding hydrogens is 260 g/mol. The molecule has 0 spiro atoms. The Morgan fingerprint density at radius 1 is 1.61 bits per heavy atom. The number of primary amides is 1. The van der Waals surface area contributed by atoms with Gasteiger partial charge >= 0.3 is 6.03 Å². The highest BCUT2D eigenvalue weighted by Gasteiger charge is 2.47. The highest BCUT2D eigenvalue weighted by molar-refractivity contribution is 7.90. The highest BCUT2D eigenvalue weighted by Crippen LogP contribution is 2.25. The van der Waals surface area contributed by atoms with E-state index in [4.69, 9.17) is 5.73 Å². The van der Waals surface area contributed by atoms with E-state index in [1.165, 1.54) is 0 Å². The zero-order valence-electron chi connectivity index (χ0n) is 9.71. The smallest absolute Gasteiger partial charge is 0.335 e. The van der Waals surface area contributed by atoms with Crippen LogP contribution in [0, 0.1) is 0 Å². The molecule has 2 rings (SSSR count). The van der Waals surface area contributed by atoms with Gasteiger partial charge in [-0.15, -0.1) is 0 Å². The Hall–Kier alpha value is -1.61. The number of nitrogens with one attached hydrogen (secondary N) is 2. The van der Waals surface area contributed by atoms with Gasteiger partial charge in [-0.3, -0.25) is 4.79 Å². The lowest BCUT2D eigenvalue weighted by atomic mass is 10.1. The van der Waals surface area contributed by atoms with E-state index in [2.05, 4.69) is 10.6 Å². The van der Waals surface area contributed by atoms with E-state index < -0.39 is 33.8 Å². The number of carbonyl (C=O) groups excluding carboxylic acids is 2. The number of fused-ring (bicyclic) bond motifs is 1. The van der Waals surface area contributed by atoms with Crippen LogP contribution in [0.2, 0.25) is 0 Å². The maximum atomic E-state index is 12.3. The summed E-state index contributed by atoms with van der Waals surface area (Å²) in [6, 6.07) is -1.20. The summed E-state index contributed by atoms with van der Waals surface area (Å²) < 4.78 is 25.0. The van der Waals surface area contributed by atoms with Crippen LogP contribution in [0.4, 0.5) is 4.79 Å². The summed E-state index contributed by atoms with van der Waals surface area (Å²) in [5.41, 5.74) is 5.31. The fourth-order valence-corrected chi connectivity index (χ4v) is 4.08. The molecule has 18 heavy (non-hydrogen) atoms. The van der Waals surface area contributed by atoms with Gasteiger partial charge in [-0.1, -0.05) is 0 Å². The van der Waals surface area contributed by atoms with Gasteiger partial charge in [0, 0.05) is 18.3 Å². The summed E-state index contributed by atoms with van der Waals surface area (Å²) in [7, 11) is -3.93. The normalized spacial score (nSPS) is 30.2. The third-order valence-corrected chi connectivity index (χ3v) is 5.14. The van der Waals surface area contributed by atoms with Crippen molar-refractivity contribution in [3.05, 3.63) is 11.8 Å². The van der Waals surface area contributed by atoms with Crippen molar-refractivity contribution in [2.24, 2.45) is 5.73 Å². The van der Waals surface area contributed by atoms with Crippen molar-refractivity contribution in [1.82, 2.24) is 14.9 Å². The SMILES string of the molecule is CC1NCC=C2NC(=O)N(CC(N)=O)S(=O)(=O)C21. The van der Waals surface area contributed by atoms with Gasteiger partial charge in [-0.05, 0) is 13.0 Å². The average Bonchev–Trinajstić information content (AvgIpc) is 2.23. The quantitative estimate of drug-likeness (QED) is 0.541. The van der Waals surface area contributed by atoms with Crippen LogP contribution in [0.3, 0.4) is 0 Å². The summed E-state index contributed by atoms with van der Waals surface area (Å²) in [6.07, 6.45) is 1.61. The second-order valence-corrected chi connectivity index (χ2v) is 6.20. The maximum Gasteiger partial charge on any atom is 0.335 e. The molecule has 1 saturated heterocycles. The van der Waals surface area contributed by atoms with Crippen molar-refractivity contribution in [3.63, 3.8) is 0 Å². The van der Waals surface area contributed by atoms with E-state index in [0.29, 0.717) is 16.5 Å². The minimum absolute atomic E-state index is 0.354. The summed E-state index contributed by atoms with van der Waals surface area (Å²) in [6.45, 7) is 1.54. The van der Waals surface area contributed by atoms with Crippen LogP contribution in [-0.4, -0.2) is 49.0 Å². The predicted octanol–water partition coefficient (Wildman–Crippen LogP) is -1.93. The first-order chi connectivity index (χ1) is 8.34. The van der Waals surface area contributed by atoms with Crippen LogP contribution >= 0.6 is 0 Å². The molecule has 0 aromatic rings. The number of urea groups is 1. The van der Waals surface area contributed by atoms with Crippen molar-refractivity contribution in [1.29, 1.82) is 0 Å². The molecule has 2 heterocycles. The summed E-state index contributed by atoms with van der Waals surface area (Å²) in [5, 5.41) is 4.56. The van der Waals surface area contributed by atoms with Crippen LogP contribution in [-0.2, 0) is 14.8 Å². The van der Waals surface area contributed by atoms with Crippen molar-refractivity contribution in [3.8, 4) is 0 Å². The Labute approximate surface area is 104 Å². The molecule has 0 aliphatic carbocycles. The fraction of sp³-hybridized carbons (Fsp3) is 0.556. The lowest BCUT2D eigenvalue weighted by Gasteiger charge is -2.39. The van der Waals surface area contributed by atoms with Crippen molar-refractivity contribution in [2.75, 3.05) is 13.1 Å². The van der Waals surface area contributed by atoms with Crippen LogP contribution < -0.4 is 16.4 Å². The fourth-order valence-electron chi connectivity index (χ4n) is 2.13. The standard InChI is InChI=1S/C9H14N4O4S/c1-5-8-6(2-3-11-5)12-9(15)13(4-7(10)14)18(8,16)17/h2,5,8,11H,3-4H2,1H3,(H2,10,14)(H,12,15). The molecule has 4 N–H and O–H groups in total. The number of rotatable bonds is 2. The Balaban J connectivity index is 2.43. The lowest BCUT2D eigenvalue weighted by molar-refractivity contribution is -0.117. The molecular formula is C9H14N4O4S. The van der Waals surface area contributed by atoms with E-state index in [0.717, 1.165) is 0 Å². The third kappa shape index (κ3) is 1.95. The molecule has 0 saturated carbocycles. The van der Waals surface area contributed by atoms with E-state index >= 15 is 0 Å². The first-order valence-electron chi connectivity index (χ1n) is 5.38. The van der Waals surface area contributed by atoms with Gasteiger partial charge in [0.05, 0.1) is 0 Å². The molecule has 2 aliphatic rings. The van der Waals surface area contributed by atoms with Crippen molar-refractivity contribution >= 4 is 22.0 Å². The monoisotopic (exact) mass is 274 g/mol. The molecule has 1 fully saturated rings. The van der Waals surface area contributed by atoms with Crippen LogP contribution in [0.15, 0.2) is 11.8 Å². The van der Waals surface area contributed by atoms with E-state index in [9.17, 15) is 18.0 Å². The topological polar surface area (TPSA) is 122 Å². The largest absolute Gasteiger partial charge is 0.368 e. The molecule has 100 valence electrons. The zero-order valence-corrected chi connectivity index (χ0v) is 10.5. The maximum absolute atomic E-state index is 12.3. The molecule has 2 unspecified atom stereocenters. The van der Waals surface area contributed by atoms with Gasteiger partial charge in [0.25, 0.3) is 0 Å². The van der Waals surface area contributed by atoms with Crippen molar-refractivity contribution in [2.45, 2.75) is 18.2 Å². The molecule has 8 nitrogen and oxygen atoms in total. The Morgan fingerprint density at radius 2 is 2.28 bits per heavy atom. The molecule has 0 bridgehead atoms. The first kappa shape index (κ1) is 12.8. The van der Waals surface area contributed by atoms with Crippen LogP contribution in [0.1, 0.15) is 6.92 Å². The molecule has 2 aliphatic heterocycles.